The quantitative estimate of drug-likeness (QED) is 0.840. The molecule has 1 aliphatic rings. The molecule has 1 unspecified atom stereocenters. The van der Waals surface area contributed by atoms with Crippen LogP contribution < -0.4 is 5.32 Å². The summed E-state index contributed by atoms with van der Waals surface area (Å²) >= 11 is 1.61. The first-order chi connectivity index (χ1) is 10.7. The van der Waals surface area contributed by atoms with E-state index in [0.717, 1.165) is 48.4 Å². The molecule has 1 atom stereocenters. The van der Waals surface area contributed by atoms with Gasteiger partial charge < -0.3 is 10.1 Å². The van der Waals surface area contributed by atoms with E-state index in [4.69, 9.17) is 4.74 Å². The molecule has 8 heteroatoms. The Hall–Kier alpha value is -1.54. The fourth-order valence-corrected chi connectivity index (χ4v) is 3.37. The van der Waals surface area contributed by atoms with Crippen molar-refractivity contribution in [2.45, 2.75) is 39.8 Å². The summed E-state index contributed by atoms with van der Waals surface area (Å²) in [6.07, 6.45) is 4.07. The van der Waals surface area contributed by atoms with Crippen LogP contribution in [-0.2, 0) is 24.2 Å². The van der Waals surface area contributed by atoms with Crippen LogP contribution in [0.2, 0.25) is 0 Å². The van der Waals surface area contributed by atoms with Gasteiger partial charge in [-0.1, -0.05) is 30.4 Å². The predicted octanol–water partition coefficient (Wildman–Crippen LogP) is 1.98. The maximum atomic E-state index is 5.38. The number of hydrogen-bond donors (Lipinski definition) is 1. The molecule has 1 N–H and O–H groups in total. The summed E-state index contributed by atoms with van der Waals surface area (Å²) in [5.41, 5.74) is 0.916. The number of aromatic nitrogens is 5. The lowest BCUT2D eigenvalue weighted by atomic mass is 10.1. The van der Waals surface area contributed by atoms with Gasteiger partial charge in [0, 0.05) is 25.5 Å². The van der Waals surface area contributed by atoms with Crippen molar-refractivity contribution in [2.75, 3.05) is 18.5 Å². The highest BCUT2D eigenvalue weighted by atomic mass is 32.1. The molecule has 1 aliphatic heterocycles. The molecular formula is C14H22N6OS. The van der Waals surface area contributed by atoms with E-state index >= 15 is 0 Å². The molecule has 1 fully saturated rings. The largest absolute Gasteiger partial charge is 0.381 e. The van der Waals surface area contributed by atoms with E-state index in [-0.39, 0.29) is 0 Å². The zero-order valence-corrected chi connectivity index (χ0v) is 13.8. The van der Waals surface area contributed by atoms with Crippen LogP contribution in [0.4, 0.5) is 5.13 Å². The second-order valence-electron chi connectivity index (χ2n) is 6.11. The van der Waals surface area contributed by atoms with Crippen molar-refractivity contribution in [3.63, 3.8) is 0 Å². The van der Waals surface area contributed by atoms with E-state index in [9.17, 15) is 0 Å². The molecule has 120 valence electrons. The molecule has 1 saturated heterocycles. The molecule has 0 saturated carbocycles. The average molecular weight is 322 g/mol. The Bertz CT molecular complexity index is 590. The Morgan fingerprint density at radius 1 is 1.41 bits per heavy atom. The lowest BCUT2D eigenvalue weighted by Gasteiger charge is -2.05. The van der Waals surface area contributed by atoms with Crippen molar-refractivity contribution >= 4 is 16.5 Å². The summed E-state index contributed by atoms with van der Waals surface area (Å²) in [5, 5.41) is 21.9. The van der Waals surface area contributed by atoms with Crippen LogP contribution in [0.3, 0.4) is 0 Å². The molecule has 0 spiro atoms. The number of anilines is 1. The fourth-order valence-electron chi connectivity index (χ4n) is 2.42. The third kappa shape index (κ3) is 4.23. The Balaban J connectivity index is 1.48. The van der Waals surface area contributed by atoms with Gasteiger partial charge in [-0.2, -0.15) is 0 Å². The van der Waals surface area contributed by atoms with Crippen molar-refractivity contribution < 1.29 is 4.74 Å². The lowest BCUT2D eigenvalue weighted by molar-refractivity contribution is 0.181. The third-order valence-corrected chi connectivity index (χ3v) is 4.43. The average Bonchev–Trinajstić information content (AvgIpc) is 3.19. The third-order valence-electron chi connectivity index (χ3n) is 3.53. The van der Waals surface area contributed by atoms with E-state index in [0.29, 0.717) is 18.4 Å². The minimum absolute atomic E-state index is 0.560. The van der Waals surface area contributed by atoms with Crippen LogP contribution >= 0.6 is 11.3 Å². The van der Waals surface area contributed by atoms with Crippen LogP contribution in [0.15, 0.2) is 6.20 Å². The topological polar surface area (TPSA) is 77.8 Å². The molecule has 0 bridgehead atoms. The predicted molar refractivity (Wildman–Crippen MR) is 84.7 cm³/mol. The van der Waals surface area contributed by atoms with Crippen molar-refractivity contribution in [3.8, 4) is 0 Å². The van der Waals surface area contributed by atoms with Crippen LogP contribution in [0.5, 0.6) is 0 Å². The van der Waals surface area contributed by atoms with Gasteiger partial charge >= 0.3 is 0 Å². The Labute approximate surface area is 134 Å². The fraction of sp³-hybridized carbons (Fsp3) is 0.714. The Morgan fingerprint density at radius 2 is 2.32 bits per heavy atom. The van der Waals surface area contributed by atoms with Gasteiger partial charge in [-0.25, -0.2) is 0 Å². The Morgan fingerprint density at radius 3 is 3.09 bits per heavy atom. The van der Waals surface area contributed by atoms with Gasteiger partial charge in [0.15, 0.2) is 0 Å². The normalized spacial score (nSPS) is 18.2. The Kier molecular flexibility index (Phi) is 4.99. The van der Waals surface area contributed by atoms with Gasteiger partial charge in [0.05, 0.1) is 19.3 Å². The lowest BCUT2D eigenvalue weighted by Crippen LogP contribution is -2.11. The van der Waals surface area contributed by atoms with Gasteiger partial charge in [-0.05, 0) is 12.3 Å². The van der Waals surface area contributed by atoms with E-state index in [1.165, 1.54) is 0 Å². The first kappa shape index (κ1) is 15.4. The second-order valence-corrected chi connectivity index (χ2v) is 7.18. The minimum atomic E-state index is 0.560. The summed E-state index contributed by atoms with van der Waals surface area (Å²) in [5.74, 6) is 1.16. The molecule has 0 aromatic carbocycles. The smallest absolute Gasteiger partial charge is 0.205 e. The van der Waals surface area contributed by atoms with E-state index in [2.05, 4.69) is 39.7 Å². The van der Waals surface area contributed by atoms with E-state index in [1.807, 2.05) is 10.9 Å². The molecule has 2 aromatic heterocycles. The standard InChI is InChI=1S/C14H22N6OS/c1-10(2)5-13-17-18-14(22-13)15-6-12-8-20(19-16-12)7-11-3-4-21-9-11/h8,10-11H,3-7,9H2,1-2H3,(H,15,18). The van der Waals surface area contributed by atoms with Crippen LogP contribution in [0.1, 0.15) is 31.0 Å². The number of nitrogens with one attached hydrogen (secondary N) is 1. The summed E-state index contributed by atoms with van der Waals surface area (Å²) in [6, 6.07) is 0. The molecule has 22 heavy (non-hydrogen) atoms. The van der Waals surface area contributed by atoms with E-state index < -0.39 is 0 Å². The summed E-state index contributed by atoms with van der Waals surface area (Å²) in [7, 11) is 0. The number of hydrogen-bond acceptors (Lipinski definition) is 7. The zero-order chi connectivity index (χ0) is 15.4. The molecule has 0 radical (unpaired) electrons. The van der Waals surface area contributed by atoms with Gasteiger partial charge in [-0.15, -0.1) is 15.3 Å². The summed E-state index contributed by atoms with van der Waals surface area (Å²) < 4.78 is 7.29. The van der Waals surface area contributed by atoms with Crippen molar-refractivity contribution in [2.24, 2.45) is 11.8 Å². The van der Waals surface area contributed by atoms with Gasteiger partial charge in [0.1, 0.15) is 10.7 Å². The van der Waals surface area contributed by atoms with Crippen LogP contribution in [-0.4, -0.2) is 38.4 Å². The molecule has 2 aromatic rings. The number of rotatable bonds is 7. The monoisotopic (exact) mass is 322 g/mol. The first-order valence-corrected chi connectivity index (χ1v) is 8.53. The zero-order valence-electron chi connectivity index (χ0n) is 13.0. The second kappa shape index (κ2) is 7.15. The van der Waals surface area contributed by atoms with Crippen LogP contribution in [0.25, 0.3) is 0 Å². The van der Waals surface area contributed by atoms with Gasteiger partial charge in [0.25, 0.3) is 0 Å². The van der Waals surface area contributed by atoms with Crippen molar-refractivity contribution in [1.82, 2.24) is 25.2 Å². The maximum Gasteiger partial charge on any atom is 0.205 e. The SMILES string of the molecule is CC(C)Cc1nnc(NCc2cn(CC3CCOC3)nn2)s1. The molecule has 0 amide bonds. The highest BCUT2D eigenvalue weighted by Gasteiger charge is 2.16. The molecule has 7 nitrogen and oxygen atoms in total. The summed E-state index contributed by atoms with van der Waals surface area (Å²) in [6.45, 7) is 7.56. The molecule has 3 rings (SSSR count). The number of nitrogens with zero attached hydrogens (tertiary/aromatic N) is 5. The van der Waals surface area contributed by atoms with Gasteiger partial charge in [0.2, 0.25) is 5.13 Å². The molecular weight excluding hydrogens is 300 g/mol. The number of ether oxygens (including phenoxy) is 1. The maximum absolute atomic E-state index is 5.38. The van der Waals surface area contributed by atoms with E-state index in [1.54, 1.807) is 11.3 Å². The highest BCUT2D eigenvalue weighted by molar-refractivity contribution is 7.15. The molecule has 0 aliphatic carbocycles. The first-order valence-electron chi connectivity index (χ1n) is 7.72. The van der Waals surface area contributed by atoms with Crippen molar-refractivity contribution in [1.29, 1.82) is 0 Å². The highest BCUT2D eigenvalue weighted by Crippen LogP contribution is 2.19. The molecule has 3 heterocycles. The van der Waals surface area contributed by atoms with Crippen LogP contribution in [0, 0.1) is 11.8 Å². The summed E-state index contributed by atoms with van der Waals surface area (Å²) in [4.78, 5) is 0. The minimum Gasteiger partial charge on any atom is -0.381 e. The van der Waals surface area contributed by atoms with Crippen molar-refractivity contribution in [3.05, 3.63) is 16.9 Å². The van der Waals surface area contributed by atoms with Gasteiger partial charge in [-0.3, -0.25) is 4.68 Å².